The minimum Gasteiger partial charge on any atom is -0.352 e. The Balaban J connectivity index is 1.58. The zero-order valence-electron chi connectivity index (χ0n) is 22.0. The topological polar surface area (TPSA) is 67.2 Å². The third-order valence-electron chi connectivity index (χ3n) is 6.03. The molecule has 7 heteroatoms. The molecule has 0 saturated heterocycles. The van der Waals surface area contributed by atoms with E-state index in [9.17, 15) is 14.0 Å². The summed E-state index contributed by atoms with van der Waals surface area (Å²) in [6.45, 7) is 10.8. The van der Waals surface area contributed by atoms with Crippen LogP contribution >= 0.6 is 0 Å². The van der Waals surface area contributed by atoms with Crippen LogP contribution in [0.1, 0.15) is 63.1 Å². The van der Waals surface area contributed by atoms with Crippen molar-refractivity contribution in [2.24, 2.45) is 11.8 Å². The lowest BCUT2D eigenvalue weighted by molar-refractivity contribution is -0.132. The average Bonchev–Trinajstić information content (AvgIpc) is 3.17. The molecule has 36 heavy (non-hydrogen) atoms. The monoisotopic (exact) mass is 494 g/mol. The van der Waals surface area contributed by atoms with Crippen molar-refractivity contribution in [3.05, 3.63) is 65.7 Å². The predicted octanol–water partition coefficient (Wildman–Crippen LogP) is 5.46. The first-order valence-electron chi connectivity index (χ1n) is 13.0. The van der Waals surface area contributed by atoms with E-state index >= 15 is 0 Å². The molecule has 0 saturated carbocycles. The lowest BCUT2D eigenvalue weighted by Crippen LogP contribution is -2.39. The van der Waals surface area contributed by atoms with E-state index in [-0.39, 0.29) is 23.9 Å². The van der Waals surface area contributed by atoms with Gasteiger partial charge in [0, 0.05) is 26.1 Å². The third kappa shape index (κ3) is 7.64. The Bertz CT molecular complexity index is 1150. The smallest absolute Gasteiger partial charge is 0.254 e. The molecule has 0 spiro atoms. The van der Waals surface area contributed by atoms with Crippen molar-refractivity contribution < 1.29 is 14.0 Å². The third-order valence-corrected chi connectivity index (χ3v) is 6.03. The Morgan fingerprint density at radius 1 is 0.944 bits per heavy atom. The van der Waals surface area contributed by atoms with Gasteiger partial charge in [-0.3, -0.25) is 9.59 Å². The molecule has 6 nitrogen and oxygen atoms in total. The van der Waals surface area contributed by atoms with Crippen molar-refractivity contribution >= 4 is 22.8 Å². The van der Waals surface area contributed by atoms with Gasteiger partial charge in [0.1, 0.15) is 18.2 Å². The van der Waals surface area contributed by atoms with E-state index in [1.807, 2.05) is 29.2 Å². The number of unbranched alkanes of at least 4 members (excludes halogenated alkanes) is 2. The molecular weight excluding hydrogens is 455 g/mol. The van der Waals surface area contributed by atoms with E-state index in [4.69, 9.17) is 4.98 Å². The molecule has 3 rings (SSSR count). The fourth-order valence-corrected chi connectivity index (χ4v) is 4.42. The lowest BCUT2D eigenvalue weighted by Gasteiger charge is -2.27. The number of hydrogen-bond acceptors (Lipinski definition) is 3. The first-order chi connectivity index (χ1) is 17.3. The van der Waals surface area contributed by atoms with Gasteiger partial charge < -0.3 is 14.8 Å². The van der Waals surface area contributed by atoms with Crippen molar-refractivity contribution in [3.63, 3.8) is 0 Å². The van der Waals surface area contributed by atoms with Gasteiger partial charge in [-0.15, -0.1) is 0 Å². The van der Waals surface area contributed by atoms with Gasteiger partial charge in [-0.25, -0.2) is 9.37 Å². The zero-order valence-corrected chi connectivity index (χ0v) is 22.0. The number of imidazole rings is 1. The maximum Gasteiger partial charge on any atom is 0.254 e. The number of nitrogens with zero attached hydrogens (tertiary/aromatic N) is 3. The van der Waals surface area contributed by atoms with Crippen LogP contribution in [-0.4, -0.2) is 45.9 Å². The number of amides is 2. The molecule has 1 aromatic heterocycles. The van der Waals surface area contributed by atoms with E-state index in [1.54, 1.807) is 12.1 Å². The van der Waals surface area contributed by atoms with Crippen molar-refractivity contribution in [3.8, 4) is 0 Å². The van der Waals surface area contributed by atoms with Gasteiger partial charge in [0.05, 0.1) is 16.6 Å². The van der Waals surface area contributed by atoms with Crippen LogP contribution in [0.4, 0.5) is 4.39 Å². The highest BCUT2D eigenvalue weighted by Crippen LogP contribution is 2.19. The average molecular weight is 495 g/mol. The predicted molar refractivity (Wildman–Crippen MR) is 142 cm³/mol. The summed E-state index contributed by atoms with van der Waals surface area (Å²) in [5.41, 5.74) is 1.95. The molecule has 0 bridgehead atoms. The Morgan fingerprint density at radius 3 is 2.31 bits per heavy atom. The molecule has 0 radical (unpaired) electrons. The molecule has 0 fully saturated rings. The highest BCUT2D eigenvalue weighted by Gasteiger charge is 2.20. The van der Waals surface area contributed by atoms with Crippen LogP contribution in [0.3, 0.4) is 0 Å². The maximum atomic E-state index is 13.8. The SMILES string of the molecule is CC(C)CN(CC(C)C)C(=O)Cn1c(CCCCCNC(=O)c2ccccc2F)nc2ccccc21. The molecule has 2 aromatic carbocycles. The minimum absolute atomic E-state index is 0.0693. The molecule has 0 atom stereocenters. The zero-order chi connectivity index (χ0) is 26.1. The standard InChI is InChI=1S/C29H39FN4O2/c1-21(2)18-33(19-22(3)4)28(35)20-34-26-15-10-9-14-25(26)32-27(34)16-6-5-11-17-31-29(36)23-12-7-8-13-24(23)30/h7-10,12-15,21-22H,5-6,11,16-20H2,1-4H3,(H,31,36). The number of aromatic nitrogens is 2. The van der Waals surface area contributed by atoms with Gasteiger partial charge in [0.2, 0.25) is 5.91 Å². The van der Waals surface area contributed by atoms with Crippen molar-refractivity contribution in [2.75, 3.05) is 19.6 Å². The number of nitrogens with one attached hydrogen (secondary N) is 1. The largest absolute Gasteiger partial charge is 0.352 e. The highest BCUT2D eigenvalue weighted by atomic mass is 19.1. The summed E-state index contributed by atoms with van der Waals surface area (Å²) in [6.07, 6.45) is 3.31. The van der Waals surface area contributed by atoms with Crippen molar-refractivity contribution in [2.45, 2.75) is 59.9 Å². The molecule has 0 aliphatic carbocycles. The van der Waals surface area contributed by atoms with Crippen molar-refractivity contribution in [1.29, 1.82) is 0 Å². The summed E-state index contributed by atoms with van der Waals surface area (Å²) >= 11 is 0. The van der Waals surface area contributed by atoms with E-state index in [0.29, 0.717) is 18.4 Å². The van der Waals surface area contributed by atoms with Gasteiger partial charge in [-0.2, -0.15) is 0 Å². The van der Waals surface area contributed by atoms with Gasteiger partial charge in [-0.05, 0) is 48.9 Å². The maximum absolute atomic E-state index is 13.8. The quantitative estimate of drug-likeness (QED) is 0.321. The Labute approximate surface area is 213 Å². The molecule has 0 unspecified atom stereocenters. The summed E-state index contributed by atoms with van der Waals surface area (Å²) in [6, 6.07) is 13.9. The van der Waals surface area contributed by atoms with Gasteiger partial charge in [-0.1, -0.05) is 58.4 Å². The van der Waals surface area contributed by atoms with Gasteiger partial charge in [0.15, 0.2) is 0 Å². The molecule has 3 aromatic rings. The Hall–Kier alpha value is -3.22. The van der Waals surface area contributed by atoms with Crippen LogP contribution in [0, 0.1) is 17.7 Å². The number of carbonyl (C=O) groups excluding carboxylic acids is 2. The summed E-state index contributed by atoms with van der Waals surface area (Å²) in [5, 5.41) is 2.79. The van der Waals surface area contributed by atoms with E-state index < -0.39 is 5.82 Å². The number of rotatable bonds is 13. The summed E-state index contributed by atoms with van der Waals surface area (Å²) < 4.78 is 15.8. The first kappa shape index (κ1) is 27.4. The summed E-state index contributed by atoms with van der Waals surface area (Å²) in [7, 11) is 0. The molecule has 0 aliphatic heterocycles. The molecule has 1 N–H and O–H groups in total. The van der Waals surface area contributed by atoms with E-state index in [2.05, 4.69) is 37.6 Å². The van der Waals surface area contributed by atoms with Gasteiger partial charge >= 0.3 is 0 Å². The minimum atomic E-state index is -0.510. The molecular formula is C29H39FN4O2. The van der Waals surface area contributed by atoms with Crippen LogP contribution < -0.4 is 5.32 Å². The molecule has 1 heterocycles. The Kier molecular flexibility index (Phi) is 10.0. The second kappa shape index (κ2) is 13.2. The number of halogens is 1. The van der Waals surface area contributed by atoms with Crippen LogP contribution in [0.15, 0.2) is 48.5 Å². The number of fused-ring (bicyclic) bond motifs is 1. The molecule has 2 amide bonds. The van der Waals surface area contributed by atoms with Crippen LogP contribution in [0.5, 0.6) is 0 Å². The van der Waals surface area contributed by atoms with E-state index in [1.165, 1.54) is 12.1 Å². The molecule has 194 valence electrons. The number of para-hydroxylation sites is 2. The van der Waals surface area contributed by atoms with Crippen LogP contribution in [0.2, 0.25) is 0 Å². The normalized spacial score (nSPS) is 11.4. The summed E-state index contributed by atoms with van der Waals surface area (Å²) in [4.78, 5) is 32.3. The lowest BCUT2D eigenvalue weighted by atomic mass is 10.1. The summed E-state index contributed by atoms with van der Waals surface area (Å²) in [5.74, 6) is 0.951. The highest BCUT2D eigenvalue weighted by molar-refractivity contribution is 5.94. The number of carbonyl (C=O) groups is 2. The number of aryl methyl sites for hydroxylation is 1. The number of hydrogen-bond donors (Lipinski definition) is 1. The van der Waals surface area contributed by atoms with Crippen LogP contribution in [-0.2, 0) is 17.8 Å². The Morgan fingerprint density at radius 2 is 1.61 bits per heavy atom. The second-order valence-corrected chi connectivity index (χ2v) is 10.2. The van der Waals surface area contributed by atoms with Crippen molar-refractivity contribution in [1.82, 2.24) is 19.8 Å². The van der Waals surface area contributed by atoms with Gasteiger partial charge in [0.25, 0.3) is 5.91 Å². The first-order valence-corrected chi connectivity index (χ1v) is 13.0. The fraction of sp³-hybridized carbons (Fsp3) is 0.483. The number of benzene rings is 2. The van der Waals surface area contributed by atoms with E-state index in [0.717, 1.165) is 55.6 Å². The second-order valence-electron chi connectivity index (χ2n) is 10.2. The fourth-order valence-electron chi connectivity index (χ4n) is 4.42. The molecule has 0 aliphatic rings. The van der Waals surface area contributed by atoms with Crippen LogP contribution in [0.25, 0.3) is 11.0 Å².